The van der Waals surface area contributed by atoms with Crippen LogP contribution in [-0.2, 0) is 16.1 Å². The van der Waals surface area contributed by atoms with Crippen LogP contribution in [0.1, 0.15) is 34.4 Å². The van der Waals surface area contributed by atoms with E-state index in [-0.39, 0.29) is 18.4 Å². The Hall–Kier alpha value is -2.89. The standard InChI is InChI=1S/C22H27N3O3/c1-13-6-7-17(10-14(13)2)25-9-8-18(22(25)27)21(26)24-12-19-16(4)20(28-5)15(3)11-23-19/h6-7,10-11,18H,8-9,12H2,1-5H3,(H,24,26)/t18-/m1/s1. The first-order valence-electron chi connectivity index (χ1n) is 9.49. The summed E-state index contributed by atoms with van der Waals surface area (Å²) in [6.07, 6.45) is 2.25. The first kappa shape index (κ1) is 19.9. The zero-order chi connectivity index (χ0) is 20.4. The van der Waals surface area contributed by atoms with Gasteiger partial charge in [0.2, 0.25) is 11.8 Å². The van der Waals surface area contributed by atoms with Crippen LogP contribution in [0, 0.1) is 33.6 Å². The van der Waals surface area contributed by atoms with Gasteiger partial charge in [-0.15, -0.1) is 0 Å². The molecule has 0 spiro atoms. The second-order valence-corrected chi connectivity index (χ2v) is 7.36. The van der Waals surface area contributed by atoms with Gasteiger partial charge in [0.1, 0.15) is 11.7 Å². The van der Waals surface area contributed by atoms with Gasteiger partial charge in [0.15, 0.2) is 0 Å². The number of carbonyl (C=O) groups excluding carboxylic acids is 2. The van der Waals surface area contributed by atoms with E-state index in [2.05, 4.69) is 10.3 Å². The lowest BCUT2D eigenvalue weighted by Gasteiger charge is -2.18. The molecule has 0 bridgehead atoms. The molecule has 2 aromatic rings. The Bertz CT molecular complexity index is 923. The third-order valence-electron chi connectivity index (χ3n) is 5.50. The molecule has 1 aromatic heterocycles. The minimum absolute atomic E-state index is 0.146. The lowest BCUT2D eigenvalue weighted by molar-refractivity contribution is -0.132. The van der Waals surface area contributed by atoms with E-state index in [0.29, 0.717) is 13.0 Å². The van der Waals surface area contributed by atoms with Crippen LogP contribution in [0.3, 0.4) is 0 Å². The van der Waals surface area contributed by atoms with Crippen molar-refractivity contribution in [3.05, 3.63) is 52.3 Å². The van der Waals surface area contributed by atoms with Gasteiger partial charge in [-0.3, -0.25) is 14.6 Å². The highest BCUT2D eigenvalue weighted by atomic mass is 16.5. The molecule has 6 heteroatoms. The molecular weight excluding hydrogens is 354 g/mol. The number of nitrogens with zero attached hydrogens (tertiary/aromatic N) is 2. The summed E-state index contributed by atoms with van der Waals surface area (Å²) in [4.78, 5) is 31.5. The van der Waals surface area contributed by atoms with Crippen molar-refractivity contribution < 1.29 is 14.3 Å². The predicted molar refractivity (Wildman–Crippen MR) is 108 cm³/mol. The molecule has 1 atom stereocenters. The highest BCUT2D eigenvalue weighted by Gasteiger charge is 2.37. The maximum atomic E-state index is 12.8. The summed E-state index contributed by atoms with van der Waals surface area (Å²) in [6.45, 7) is 8.73. The van der Waals surface area contributed by atoms with E-state index in [9.17, 15) is 9.59 Å². The van der Waals surface area contributed by atoms with E-state index < -0.39 is 5.92 Å². The number of amides is 2. The Balaban J connectivity index is 1.67. The molecule has 1 N–H and O–H groups in total. The second-order valence-electron chi connectivity index (χ2n) is 7.36. The summed E-state index contributed by atoms with van der Waals surface area (Å²) in [6, 6.07) is 5.94. The average Bonchev–Trinajstić information content (AvgIpc) is 3.05. The van der Waals surface area contributed by atoms with Gasteiger partial charge < -0.3 is 15.0 Å². The molecule has 0 aliphatic carbocycles. The van der Waals surface area contributed by atoms with Gasteiger partial charge in [0, 0.05) is 29.6 Å². The minimum Gasteiger partial charge on any atom is -0.496 e. The third-order valence-corrected chi connectivity index (χ3v) is 5.50. The quantitative estimate of drug-likeness (QED) is 0.808. The highest BCUT2D eigenvalue weighted by Crippen LogP contribution is 2.27. The Morgan fingerprint density at radius 1 is 1.21 bits per heavy atom. The van der Waals surface area contributed by atoms with E-state index in [1.807, 2.05) is 45.9 Å². The fraction of sp³-hybridized carbons (Fsp3) is 0.409. The van der Waals surface area contributed by atoms with E-state index in [1.54, 1.807) is 18.2 Å². The molecule has 6 nitrogen and oxygen atoms in total. The Labute approximate surface area is 165 Å². The molecule has 1 aliphatic heterocycles. The van der Waals surface area contributed by atoms with Crippen LogP contribution in [0.5, 0.6) is 5.75 Å². The van der Waals surface area contributed by atoms with E-state index in [4.69, 9.17) is 4.74 Å². The first-order chi connectivity index (χ1) is 13.3. The van der Waals surface area contributed by atoms with Crippen LogP contribution in [0.25, 0.3) is 0 Å². The number of hydrogen-bond acceptors (Lipinski definition) is 4. The molecule has 3 rings (SSSR count). The third kappa shape index (κ3) is 3.72. The van der Waals surface area contributed by atoms with Crippen LogP contribution in [-0.4, -0.2) is 30.5 Å². The molecule has 1 aromatic carbocycles. The summed E-state index contributed by atoms with van der Waals surface area (Å²) in [5.41, 5.74) is 5.76. The van der Waals surface area contributed by atoms with Gasteiger partial charge in [0.05, 0.1) is 19.3 Å². The van der Waals surface area contributed by atoms with Crippen LogP contribution in [0.15, 0.2) is 24.4 Å². The van der Waals surface area contributed by atoms with Gasteiger partial charge in [-0.1, -0.05) is 6.07 Å². The monoisotopic (exact) mass is 381 g/mol. The van der Waals surface area contributed by atoms with Gasteiger partial charge in [0.25, 0.3) is 0 Å². The van der Waals surface area contributed by atoms with Crippen LogP contribution < -0.4 is 15.0 Å². The van der Waals surface area contributed by atoms with Crippen molar-refractivity contribution in [2.24, 2.45) is 5.92 Å². The van der Waals surface area contributed by atoms with E-state index >= 15 is 0 Å². The number of carbonyl (C=O) groups is 2. The number of rotatable bonds is 5. The molecule has 1 saturated heterocycles. The van der Waals surface area contributed by atoms with Crippen molar-refractivity contribution in [3.8, 4) is 5.75 Å². The number of benzene rings is 1. The molecule has 1 aliphatic rings. The summed E-state index contributed by atoms with van der Waals surface area (Å²) in [5, 5.41) is 2.87. The smallest absolute Gasteiger partial charge is 0.239 e. The largest absolute Gasteiger partial charge is 0.496 e. The zero-order valence-electron chi connectivity index (χ0n) is 17.1. The molecule has 2 heterocycles. The summed E-state index contributed by atoms with van der Waals surface area (Å²) in [7, 11) is 1.62. The number of aryl methyl sites for hydroxylation is 3. The molecule has 148 valence electrons. The minimum atomic E-state index is -0.658. The van der Waals surface area contributed by atoms with Gasteiger partial charge in [-0.05, 0) is 57.4 Å². The van der Waals surface area contributed by atoms with Crippen molar-refractivity contribution in [2.75, 3.05) is 18.6 Å². The molecular formula is C22H27N3O3. The SMILES string of the molecule is COc1c(C)cnc(CNC(=O)[C@H]2CCN(c3ccc(C)c(C)c3)C2=O)c1C. The van der Waals surface area contributed by atoms with E-state index in [0.717, 1.165) is 33.8 Å². The van der Waals surface area contributed by atoms with Gasteiger partial charge in [-0.2, -0.15) is 0 Å². The Morgan fingerprint density at radius 2 is 1.96 bits per heavy atom. The molecule has 0 unspecified atom stereocenters. The number of pyridine rings is 1. The number of ether oxygens (including phenoxy) is 1. The molecule has 28 heavy (non-hydrogen) atoms. The lowest BCUT2D eigenvalue weighted by Crippen LogP contribution is -2.36. The Kier molecular flexibility index (Phi) is 5.68. The lowest BCUT2D eigenvalue weighted by atomic mass is 10.1. The molecule has 0 saturated carbocycles. The fourth-order valence-corrected chi connectivity index (χ4v) is 3.62. The van der Waals surface area contributed by atoms with Crippen LogP contribution >= 0.6 is 0 Å². The van der Waals surface area contributed by atoms with Gasteiger partial charge in [-0.25, -0.2) is 0 Å². The van der Waals surface area contributed by atoms with Crippen molar-refractivity contribution in [3.63, 3.8) is 0 Å². The van der Waals surface area contributed by atoms with Crippen molar-refractivity contribution >= 4 is 17.5 Å². The predicted octanol–water partition coefficient (Wildman–Crippen LogP) is 2.99. The normalized spacial score (nSPS) is 16.4. The summed E-state index contributed by atoms with van der Waals surface area (Å²) in [5.74, 6) is -0.282. The molecule has 0 radical (unpaired) electrons. The topological polar surface area (TPSA) is 71.5 Å². The zero-order valence-corrected chi connectivity index (χ0v) is 17.1. The van der Waals surface area contributed by atoms with Crippen molar-refractivity contribution in [2.45, 2.75) is 40.7 Å². The maximum Gasteiger partial charge on any atom is 0.239 e. The number of methoxy groups -OCH3 is 1. The number of anilines is 1. The summed E-state index contributed by atoms with van der Waals surface area (Å²) < 4.78 is 5.41. The fourth-order valence-electron chi connectivity index (χ4n) is 3.62. The Morgan fingerprint density at radius 3 is 2.64 bits per heavy atom. The highest BCUT2D eigenvalue weighted by molar-refractivity contribution is 6.09. The number of hydrogen-bond donors (Lipinski definition) is 1. The average molecular weight is 381 g/mol. The maximum absolute atomic E-state index is 12.8. The first-order valence-corrected chi connectivity index (χ1v) is 9.49. The summed E-state index contributed by atoms with van der Waals surface area (Å²) >= 11 is 0. The number of nitrogens with one attached hydrogen (secondary N) is 1. The van der Waals surface area contributed by atoms with Crippen LogP contribution in [0.2, 0.25) is 0 Å². The molecule has 2 amide bonds. The van der Waals surface area contributed by atoms with E-state index in [1.165, 1.54) is 5.56 Å². The number of aromatic nitrogens is 1. The molecule has 1 fully saturated rings. The second kappa shape index (κ2) is 8.00. The van der Waals surface area contributed by atoms with Crippen molar-refractivity contribution in [1.29, 1.82) is 0 Å². The van der Waals surface area contributed by atoms with Crippen molar-refractivity contribution in [1.82, 2.24) is 10.3 Å². The van der Waals surface area contributed by atoms with Gasteiger partial charge >= 0.3 is 0 Å². The van der Waals surface area contributed by atoms with Crippen LogP contribution in [0.4, 0.5) is 5.69 Å².